The maximum Gasteiger partial charge on any atom is 0.145 e. The van der Waals surface area contributed by atoms with Gasteiger partial charge in [0.2, 0.25) is 0 Å². The van der Waals surface area contributed by atoms with E-state index in [0.29, 0.717) is 12.0 Å². The number of halogens is 2. The Morgan fingerprint density at radius 2 is 1.76 bits per heavy atom. The summed E-state index contributed by atoms with van der Waals surface area (Å²) in [5.74, 6) is 0.517. The number of hydrogen-bond acceptors (Lipinski definition) is 2. The third kappa shape index (κ3) is 3.96. The molecule has 2 aromatic carbocycles. The third-order valence-electron chi connectivity index (χ3n) is 3.56. The average Bonchev–Trinajstić information content (AvgIpc) is 2.51. The Labute approximate surface area is 129 Å². The van der Waals surface area contributed by atoms with E-state index in [4.69, 9.17) is 16.3 Å². The van der Waals surface area contributed by atoms with Crippen molar-refractivity contribution in [3.8, 4) is 5.75 Å². The van der Waals surface area contributed by atoms with Gasteiger partial charge in [-0.2, -0.15) is 0 Å². The SMILES string of the molecule is CNC(Cc1ccccc1OC)Cc1cccc(Cl)c1F. The molecule has 0 amide bonds. The van der Waals surface area contributed by atoms with E-state index in [2.05, 4.69) is 5.32 Å². The fourth-order valence-corrected chi connectivity index (χ4v) is 2.58. The van der Waals surface area contributed by atoms with Crippen molar-refractivity contribution in [1.82, 2.24) is 5.32 Å². The van der Waals surface area contributed by atoms with Gasteiger partial charge in [-0.25, -0.2) is 4.39 Å². The monoisotopic (exact) mass is 307 g/mol. The second kappa shape index (κ2) is 7.43. The Hall–Kier alpha value is -1.58. The van der Waals surface area contributed by atoms with Crippen LogP contribution in [-0.4, -0.2) is 20.2 Å². The molecule has 0 saturated heterocycles. The van der Waals surface area contributed by atoms with Crippen molar-refractivity contribution in [1.29, 1.82) is 0 Å². The van der Waals surface area contributed by atoms with Crippen LogP contribution in [-0.2, 0) is 12.8 Å². The van der Waals surface area contributed by atoms with Gasteiger partial charge in [0.1, 0.15) is 11.6 Å². The van der Waals surface area contributed by atoms with E-state index < -0.39 is 0 Å². The number of ether oxygens (including phenoxy) is 1. The molecule has 0 saturated carbocycles. The molecule has 0 aliphatic rings. The number of nitrogens with one attached hydrogen (secondary N) is 1. The van der Waals surface area contributed by atoms with E-state index in [1.54, 1.807) is 25.3 Å². The lowest BCUT2D eigenvalue weighted by Crippen LogP contribution is -2.30. The van der Waals surface area contributed by atoms with E-state index in [1.165, 1.54) is 0 Å². The normalized spacial score (nSPS) is 12.2. The van der Waals surface area contributed by atoms with Gasteiger partial charge in [0.05, 0.1) is 12.1 Å². The highest BCUT2D eigenvalue weighted by Gasteiger charge is 2.15. The highest BCUT2D eigenvalue weighted by Crippen LogP contribution is 2.22. The molecule has 4 heteroatoms. The molecule has 112 valence electrons. The Bertz CT molecular complexity index is 603. The molecular formula is C17H19ClFNO. The van der Waals surface area contributed by atoms with Crippen molar-refractivity contribution in [2.45, 2.75) is 18.9 Å². The number of benzene rings is 2. The average molecular weight is 308 g/mol. The first-order valence-corrected chi connectivity index (χ1v) is 7.25. The van der Waals surface area contributed by atoms with Crippen molar-refractivity contribution in [3.63, 3.8) is 0 Å². The molecule has 0 radical (unpaired) electrons. The van der Waals surface area contributed by atoms with Crippen molar-refractivity contribution in [2.75, 3.05) is 14.2 Å². The fraction of sp³-hybridized carbons (Fsp3) is 0.294. The Morgan fingerprint density at radius 3 is 2.48 bits per heavy atom. The van der Waals surface area contributed by atoms with E-state index in [-0.39, 0.29) is 16.9 Å². The van der Waals surface area contributed by atoms with Gasteiger partial charge < -0.3 is 10.1 Å². The molecule has 1 atom stereocenters. The second-order valence-electron chi connectivity index (χ2n) is 4.92. The zero-order valence-electron chi connectivity index (χ0n) is 12.2. The number of para-hydroxylation sites is 1. The number of hydrogen-bond donors (Lipinski definition) is 1. The summed E-state index contributed by atoms with van der Waals surface area (Å²) in [6, 6.07) is 13.1. The Morgan fingerprint density at radius 1 is 1.10 bits per heavy atom. The lowest BCUT2D eigenvalue weighted by Gasteiger charge is -2.18. The van der Waals surface area contributed by atoms with Gasteiger partial charge in [-0.3, -0.25) is 0 Å². The largest absolute Gasteiger partial charge is 0.496 e. The topological polar surface area (TPSA) is 21.3 Å². The standard InChI is InChI=1S/C17H19ClFNO/c1-20-14(10-12-6-3-4-9-16(12)21-2)11-13-7-5-8-15(18)17(13)19/h3-9,14,20H,10-11H2,1-2H3. The first-order chi connectivity index (χ1) is 10.2. The molecule has 2 aromatic rings. The lowest BCUT2D eigenvalue weighted by atomic mass is 9.98. The van der Waals surface area contributed by atoms with Gasteiger partial charge in [0.15, 0.2) is 0 Å². The molecular weight excluding hydrogens is 289 g/mol. The maximum absolute atomic E-state index is 14.0. The minimum Gasteiger partial charge on any atom is -0.496 e. The summed E-state index contributed by atoms with van der Waals surface area (Å²) in [6.07, 6.45) is 1.33. The van der Waals surface area contributed by atoms with Crippen LogP contribution in [0.15, 0.2) is 42.5 Å². The molecule has 2 rings (SSSR count). The molecule has 2 nitrogen and oxygen atoms in total. The summed E-state index contributed by atoms with van der Waals surface area (Å²) in [5.41, 5.74) is 1.72. The van der Waals surface area contributed by atoms with Crippen molar-refractivity contribution < 1.29 is 9.13 Å². The van der Waals surface area contributed by atoms with E-state index in [9.17, 15) is 4.39 Å². The van der Waals surface area contributed by atoms with E-state index >= 15 is 0 Å². The van der Waals surface area contributed by atoms with Gasteiger partial charge >= 0.3 is 0 Å². The molecule has 0 spiro atoms. The third-order valence-corrected chi connectivity index (χ3v) is 3.86. The van der Waals surface area contributed by atoms with E-state index in [1.807, 2.05) is 31.3 Å². The van der Waals surface area contributed by atoms with Crippen LogP contribution in [0, 0.1) is 5.82 Å². The highest BCUT2D eigenvalue weighted by molar-refractivity contribution is 6.30. The second-order valence-corrected chi connectivity index (χ2v) is 5.33. The molecule has 0 bridgehead atoms. The Kier molecular flexibility index (Phi) is 5.59. The van der Waals surface area contributed by atoms with Crippen LogP contribution in [0.4, 0.5) is 4.39 Å². The zero-order valence-corrected chi connectivity index (χ0v) is 13.0. The molecule has 0 aliphatic carbocycles. The molecule has 21 heavy (non-hydrogen) atoms. The number of rotatable bonds is 6. The van der Waals surface area contributed by atoms with E-state index in [0.717, 1.165) is 17.7 Å². The lowest BCUT2D eigenvalue weighted by molar-refractivity contribution is 0.405. The quantitative estimate of drug-likeness (QED) is 0.875. The summed E-state index contributed by atoms with van der Waals surface area (Å²) < 4.78 is 19.4. The summed E-state index contributed by atoms with van der Waals surface area (Å²) in [4.78, 5) is 0. The Balaban J connectivity index is 2.15. The van der Waals surface area contributed by atoms with Gasteiger partial charge in [-0.05, 0) is 43.1 Å². The minimum absolute atomic E-state index is 0.106. The van der Waals surface area contributed by atoms with Crippen LogP contribution in [0.2, 0.25) is 5.02 Å². The highest BCUT2D eigenvalue weighted by atomic mass is 35.5. The minimum atomic E-state index is -0.334. The number of methoxy groups -OCH3 is 1. The summed E-state index contributed by atoms with van der Waals surface area (Å²) in [6.45, 7) is 0. The van der Waals surface area contributed by atoms with Gasteiger partial charge in [0.25, 0.3) is 0 Å². The number of likely N-dealkylation sites (N-methyl/N-ethyl adjacent to an activating group) is 1. The predicted octanol–water partition coefficient (Wildman–Crippen LogP) is 3.86. The molecule has 1 N–H and O–H groups in total. The predicted molar refractivity (Wildman–Crippen MR) is 84.7 cm³/mol. The molecule has 1 unspecified atom stereocenters. The molecule has 0 aliphatic heterocycles. The first-order valence-electron chi connectivity index (χ1n) is 6.87. The van der Waals surface area contributed by atoms with Crippen LogP contribution in [0.3, 0.4) is 0 Å². The molecule has 0 heterocycles. The van der Waals surface area contributed by atoms with Gasteiger partial charge in [-0.1, -0.05) is 41.9 Å². The van der Waals surface area contributed by atoms with Gasteiger partial charge in [-0.15, -0.1) is 0 Å². The van der Waals surface area contributed by atoms with Crippen LogP contribution in [0.1, 0.15) is 11.1 Å². The van der Waals surface area contributed by atoms with Crippen molar-refractivity contribution in [3.05, 3.63) is 64.4 Å². The smallest absolute Gasteiger partial charge is 0.145 e. The van der Waals surface area contributed by atoms with Crippen LogP contribution in [0.5, 0.6) is 5.75 Å². The van der Waals surface area contributed by atoms with Crippen LogP contribution < -0.4 is 10.1 Å². The van der Waals surface area contributed by atoms with Crippen molar-refractivity contribution in [2.24, 2.45) is 0 Å². The van der Waals surface area contributed by atoms with Crippen molar-refractivity contribution >= 4 is 11.6 Å². The zero-order chi connectivity index (χ0) is 15.2. The first kappa shape index (κ1) is 15.8. The maximum atomic E-state index is 14.0. The molecule has 0 aromatic heterocycles. The molecule has 0 fully saturated rings. The van der Waals surface area contributed by atoms with Crippen LogP contribution in [0.25, 0.3) is 0 Å². The fourth-order valence-electron chi connectivity index (χ4n) is 2.38. The summed E-state index contributed by atoms with van der Waals surface area (Å²) in [5, 5.41) is 3.40. The van der Waals surface area contributed by atoms with Crippen LogP contribution >= 0.6 is 11.6 Å². The summed E-state index contributed by atoms with van der Waals surface area (Å²) in [7, 11) is 3.53. The van der Waals surface area contributed by atoms with Gasteiger partial charge in [0, 0.05) is 6.04 Å². The summed E-state index contributed by atoms with van der Waals surface area (Å²) >= 11 is 5.83.